The maximum Gasteiger partial charge on any atom is 0.185 e. The Morgan fingerprint density at radius 3 is 2.67 bits per heavy atom. The van der Waals surface area contributed by atoms with Gasteiger partial charge in [-0.15, -0.1) is 0 Å². The van der Waals surface area contributed by atoms with Crippen molar-refractivity contribution in [1.29, 1.82) is 0 Å². The van der Waals surface area contributed by atoms with Gasteiger partial charge in [0.2, 0.25) is 0 Å². The normalized spacial score (nSPS) is 18.8. The van der Waals surface area contributed by atoms with E-state index in [0.717, 1.165) is 81.6 Å². The molecule has 0 aliphatic carbocycles. The van der Waals surface area contributed by atoms with Crippen LogP contribution in [0.3, 0.4) is 0 Å². The van der Waals surface area contributed by atoms with Crippen LogP contribution < -0.4 is 9.04 Å². The summed E-state index contributed by atoms with van der Waals surface area (Å²) in [6.45, 7) is 10.2. The summed E-state index contributed by atoms with van der Waals surface area (Å²) in [4.78, 5) is 2.43. The molecule has 1 fully saturated rings. The van der Waals surface area contributed by atoms with Crippen LogP contribution in [0.25, 0.3) is 0 Å². The first-order chi connectivity index (χ1) is 16.0. The predicted molar refractivity (Wildman–Crippen MR) is 139 cm³/mol. The van der Waals surface area contributed by atoms with Gasteiger partial charge in [0.15, 0.2) is 5.88 Å². The van der Waals surface area contributed by atoms with E-state index in [-0.39, 0.29) is 6.10 Å². The molecule has 1 aromatic carbocycles. The fraction of sp³-hybridized carbons (Fsp3) is 0.704. The number of piperidine rings is 1. The number of rotatable bonds is 11. The summed E-state index contributed by atoms with van der Waals surface area (Å²) in [6, 6.07) is 6.30. The topological polar surface area (TPSA) is 42.0 Å². The van der Waals surface area contributed by atoms with Crippen molar-refractivity contribution < 1.29 is 13.7 Å². The zero-order chi connectivity index (χ0) is 23.6. The predicted octanol–water partition coefficient (Wildman–Crippen LogP) is 6.06. The summed E-state index contributed by atoms with van der Waals surface area (Å²) in [5, 5.41) is 0. The molecule has 3 rings (SSSR count). The lowest BCUT2D eigenvalue weighted by Gasteiger charge is -2.35. The van der Waals surface area contributed by atoms with Crippen LogP contribution >= 0.6 is 0 Å². The molecular formula is C27H44N2O3S. The highest BCUT2D eigenvalue weighted by atomic mass is 32.2. The van der Waals surface area contributed by atoms with Crippen LogP contribution in [-0.2, 0) is 22.1 Å². The molecule has 0 bridgehead atoms. The second kappa shape index (κ2) is 13.3. The van der Waals surface area contributed by atoms with Gasteiger partial charge in [0.25, 0.3) is 0 Å². The third-order valence-electron chi connectivity index (χ3n) is 6.62. The average Bonchev–Trinajstić information content (AvgIpc) is 3.01. The van der Waals surface area contributed by atoms with Gasteiger partial charge in [-0.05, 0) is 101 Å². The van der Waals surface area contributed by atoms with Gasteiger partial charge in [-0.3, -0.25) is 4.31 Å². The number of nitrogens with zero attached hydrogens (tertiary/aromatic N) is 2. The monoisotopic (exact) mass is 476 g/mol. The molecule has 33 heavy (non-hydrogen) atoms. The summed E-state index contributed by atoms with van der Waals surface area (Å²) in [5.74, 6) is 2.84. The first-order valence-corrected chi connectivity index (χ1v) is 14.5. The molecule has 1 atom stereocenters. The van der Waals surface area contributed by atoms with Crippen LogP contribution in [0.2, 0.25) is 0 Å². The van der Waals surface area contributed by atoms with Crippen LogP contribution in [0.15, 0.2) is 30.2 Å². The number of allylic oxidation sites excluding steroid dienone is 1. The first kappa shape index (κ1) is 25.9. The van der Waals surface area contributed by atoms with E-state index in [1.54, 1.807) is 6.26 Å². The quantitative estimate of drug-likeness (QED) is 0.288. The molecule has 0 aromatic heterocycles. The molecule has 2 aliphatic rings. The van der Waals surface area contributed by atoms with Gasteiger partial charge in [-0.1, -0.05) is 13.3 Å². The van der Waals surface area contributed by atoms with Gasteiger partial charge >= 0.3 is 0 Å². The van der Waals surface area contributed by atoms with Crippen LogP contribution in [0, 0.1) is 5.92 Å². The zero-order valence-corrected chi connectivity index (χ0v) is 22.0. The highest BCUT2D eigenvalue weighted by molar-refractivity contribution is 7.85. The molecule has 2 aliphatic heterocycles. The molecule has 0 saturated carbocycles. The molecular weight excluding hydrogens is 432 g/mol. The summed E-state index contributed by atoms with van der Waals surface area (Å²) in [6.07, 6.45) is 14.6. The highest BCUT2D eigenvalue weighted by Crippen LogP contribution is 2.31. The number of benzene rings is 1. The minimum atomic E-state index is -0.972. The molecule has 2 heterocycles. The van der Waals surface area contributed by atoms with Crippen molar-refractivity contribution >= 4 is 16.7 Å². The number of ether oxygens (including phenoxy) is 2. The molecule has 0 spiro atoms. The maximum atomic E-state index is 12.1. The van der Waals surface area contributed by atoms with E-state index in [1.165, 1.54) is 31.2 Å². The summed E-state index contributed by atoms with van der Waals surface area (Å²) < 4.78 is 26.2. The standard InChI is InChI=1S/C27H44N2O3S/c1-5-10-27(32-22(2)3)28-18-15-23(16-19-28)11-7-9-20-31-25-13-14-26-24(21-25)12-6-8-17-29(26)33(4)30/h10,13-14,21-23H,5-9,11-12,15-20H2,1-4H3/b27-10+. The van der Waals surface area contributed by atoms with Crippen molar-refractivity contribution in [3.63, 3.8) is 0 Å². The summed E-state index contributed by atoms with van der Waals surface area (Å²) >= 11 is 0. The van der Waals surface area contributed by atoms with Crippen molar-refractivity contribution in [2.75, 3.05) is 36.8 Å². The van der Waals surface area contributed by atoms with Gasteiger partial charge in [0, 0.05) is 25.9 Å². The third-order valence-corrected chi connectivity index (χ3v) is 7.62. The highest BCUT2D eigenvalue weighted by Gasteiger charge is 2.22. The zero-order valence-electron chi connectivity index (χ0n) is 21.2. The van der Waals surface area contributed by atoms with Gasteiger partial charge in [-0.25, -0.2) is 4.21 Å². The fourth-order valence-corrected chi connectivity index (χ4v) is 5.73. The minimum Gasteiger partial charge on any atom is -0.494 e. The lowest BCUT2D eigenvalue weighted by molar-refractivity contribution is 0.0517. The van der Waals surface area contributed by atoms with Crippen LogP contribution in [0.4, 0.5) is 5.69 Å². The second-order valence-corrected chi connectivity index (χ2v) is 11.0. The van der Waals surface area contributed by atoms with E-state index in [4.69, 9.17) is 9.47 Å². The van der Waals surface area contributed by atoms with Gasteiger partial charge in [0.1, 0.15) is 16.7 Å². The lowest BCUT2D eigenvalue weighted by Crippen LogP contribution is -2.34. The molecule has 0 amide bonds. The Kier molecular flexibility index (Phi) is 10.4. The molecule has 186 valence electrons. The van der Waals surface area contributed by atoms with Crippen molar-refractivity contribution in [2.45, 2.75) is 84.7 Å². The average molecular weight is 477 g/mol. The van der Waals surface area contributed by atoms with E-state index >= 15 is 0 Å². The number of unbranched alkanes of at least 4 members (excludes halogenated alkanes) is 1. The molecule has 1 saturated heterocycles. The van der Waals surface area contributed by atoms with E-state index in [2.05, 4.69) is 43.9 Å². The minimum absolute atomic E-state index is 0.231. The molecule has 5 nitrogen and oxygen atoms in total. The lowest BCUT2D eigenvalue weighted by atomic mass is 9.91. The molecule has 0 radical (unpaired) electrons. The third kappa shape index (κ3) is 7.94. The fourth-order valence-electron chi connectivity index (χ4n) is 4.89. The van der Waals surface area contributed by atoms with E-state index in [1.807, 2.05) is 10.4 Å². The van der Waals surface area contributed by atoms with E-state index < -0.39 is 11.0 Å². The number of hydrogen-bond donors (Lipinski definition) is 0. The van der Waals surface area contributed by atoms with Crippen molar-refractivity contribution in [1.82, 2.24) is 4.90 Å². The van der Waals surface area contributed by atoms with Crippen LogP contribution in [-0.4, -0.2) is 47.7 Å². The summed E-state index contributed by atoms with van der Waals surface area (Å²) in [7, 11) is -0.972. The van der Waals surface area contributed by atoms with Gasteiger partial charge in [-0.2, -0.15) is 0 Å². The largest absolute Gasteiger partial charge is 0.494 e. The Labute approximate surface area is 204 Å². The van der Waals surface area contributed by atoms with Crippen molar-refractivity contribution in [3.8, 4) is 5.75 Å². The van der Waals surface area contributed by atoms with Crippen LogP contribution in [0.1, 0.15) is 77.7 Å². The Morgan fingerprint density at radius 1 is 1.18 bits per heavy atom. The SMILES string of the molecule is CC/C=C(/OC(C)C)N1CCC(CCCCOc2ccc3c(c2)CCCCN3S(C)=O)CC1. The van der Waals surface area contributed by atoms with Gasteiger partial charge < -0.3 is 14.4 Å². The number of anilines is 1. The Hall–Kier alpha value is -1.69. The van der Waals surface area contributed by atoms with E-state index in [9.17, 15) is 4.21 Å². The Morgan fingerprint density at radius 2 is 1.97 bits per heavy atom. The Balaban J connectivity index is 1.37. The van der Waals surface area contributed by atoms with E-state index in [0.29, 0.717) is 0 Å². The maximum absolute atomic E-state index is 12.1. The van der Waals surface area contributed by atoms with Crippen molar-refractivity contribution in [3.05, 3.63) is 35.7 Å². The molecule has 1 aromatic rings. The molecule has 0 N–H and O–H groups in total. The molecule has 6 heteroatoms. The number of aryl methyl sites for hydroxylation is 1. The van der Waals surface area contributed by atoms with Gasteiger partial charge in [0.05, 0.1) is 18.4 Å². The molecule has 1 unspecified atom stereocenters. The first-order valence-electron chi connectivity index (χ1n) is 13.0. The number of likely N-dealkylation sites (tertiary alicyclic amines) is 1. The smallest absolute Gasteiger partial charge is 0.185 e. The second-order valence-electron chi connectivity index (χ2n) is 9.67. The van der Waals surface area contributed by atoms with Crippen LogP contribution in [0.5, 0.6) is 5.75 Å². The van der Waals surface area contributed by atoms with Crippen molar-refractivity contribution in [2.24, 2.45) is 5.92 Å². The number of fused-ring (bicyclic) bond motifs is 1. The number of hydrogen-bond acceptors (Lipinski definition) is 4. The summed E-state index contributed by atoms with van der Waals surface area (Å²) in [5.41, 5.74) is 2.38. The Bertz CT molecular complexity index is 788.